The number of nitrogens with one attached hydrogen (secondary N) is 1. The van der Waals surface area contributed by atoms with Gasteiger partial charge in [0.1, 0.15) is 6.04 Å². The molecule has 0 radical (unpaired) electrons. The Bertz CT molecular complexity index is 1040. The van der Waals surface area contributed by atoms with Crippen LogP contribution in [0.25, 0.3) is 11.1 Å². The number of rotatable bonds is 4. The summed E-state index contributed by atoms with van der Waals surface area (Å²) < 4.78 is 39.6. The molecule has 1 aromatic heterocycles. The lowest BCUT2D eigenvalue weighted by molar-refractivity contribution is -0.138. The van der Waals surface area contributed by atoms with Crippen molar-refractivity contribution in [2.24, 2.45) is 0 Å². The minimum atomic E-state index is -4.61. The van der Waals surface area contributed by atoms with Crippen LogP contribution in [0.4, 0.5) is 18.9 Å². The fourth-order valence-electron chi connectivity index (χ4n) is 2.80. The van der Waals surface area contributed by atoms with Gasteiger partial charge in [-0.1, -0.05) is 48.5 Å². The number of nitrogens with zero attached hydrogens (tertiary/aromatic N) is 1. The van der Waals surface area contributed by atoms with E-state index in [4.69, 9.17) is 0 Å². The third kappa shape index (κ3) is 4.14. The Morgan fingerprint density at radius 2 is 1.61 bits per heavy atom. The van der Waals surface area contributed by atoms with Gasteiger partial charge in [-0.15, -0.1) is 0 Å². The molecular formula is C21H17F3N2O2. The lowest BCUT2D eigenvalue weighted by atomic mass is 10.0. The first-order chi connectivity index (χ1) is 13.3. The zero-order chi connectivity index (χ0) is 20.3. The molecule has 0 fully saturated rings. The summed E-state index contributed by atoms with van der Waals surface area (Å²) in [5.41, 5.74) is 0.469. The molecule has 0 bridgehead atoms. The number of para-hydroxylation sites is 1. The molecule has 1 N–H and O–H groups in total. The summed E-state index contributed by atoms with van der Waals surface area (Å²) in [5, 5.41) is 2.71. The number of benzene rings is 2. The number of carbonyl (C=O) groups is 1. The van der Waals surface area contributed by atoms with E-state index in [1.54, 1.807) is 12.1 Å². The molecule has 0 aliphatic rings. The lowest BCUT2D eigenvalue weighted by Gasteiger charge is -2.18. The van der Waals surface area contributed by atoms with Gasteiger partial charge in [-0.2, -0.15) is 13.2 Å². The molecule has 28 heavy (non-hydrogen) atoms. The van der Waals surface area contributed by atoms with E-state index >= 15 is 0 Å². The average Bonchev–Trinajstić information content (AvgIpc) is 2.68. The minimum absolute atomic E-state index is 0.505. The van der Waals surface area contributed by atoms with E-state index in [1.165, 1.54) is 6.92 Å². The van der Waals surface area contributed by atoms with Crippen molar-refractivity contribution in [2.75, 3.05) is 5.32 Å². The fraction of sp³-hybridized carbons (Fsp3) is 0.143. The second kappa shape index (κ2) is 7.72. The standard InChI is InChI=1S/C21H17F3N2O2/c1-14(26-13-16(21(22,23)24)11-12-19(26)27)20(28)25-18-10-6-5-9-17(18)15-7-3-2-4-8-15/h2-14H,1H3,(H,25,28)/t14-/m0/s1. The highest BCUT2D eigenvalue weighted by Crippen LogP contribution is 2.30. The first-order valence-corrected chi connectivity index (χ1v) is 8.52. The molecule has 0 saturated carbocycles. The van der Waals surface area contributed by atoms with Crippen LogP contribution in [0.1, 0.15) is 18.5 Å². The molecule has 3 aromatic rings. The highest BCUT2D eigenvalue weighted by molar-refractivity contribution is 5.97. The van der Waals surface area contributed by atoms with Gasteiger partial charge < -0.3 is 9.88 Å². The maximum atomic E-state index is 12.9. The van der Waals surface area contributed by atoms with Gasteiger partial charge in [0.15, 0.2) is 0 Å². The van der Waals surface area contributed by atoms with Crippen LogP contribution >= 0.6 is 0 Å². The van der Waals surface area contributed by atoms with Crippen molar-refractivity contribution in [3.05, 3.63) is 88.8 Å². The van der Waals surface area contributed by atoms with E-state index < -0.39 is 29.2 Å². The van der Waals surface area contributed by atoms with Gasteiger partial charge in [-0.3, -0.25) is 9.59 Å². The molecule has 7 heteroatoms. The second-order valence-electron chi connectivity index (χ2n) is 6.24. The summed E-state index contributed by atoms with van der Waals surface area (Å²) in [7, 11) is 0. The Hall–Kier alpha value is -3.35. The molecule has 0 spiro atoms. The summed E-state index contributed by atoms with van der Waals surface area (Å²) in [5.74, 6) is -0.593. The maximum Gasteiger partial charge on any atom is 0.417 e. The first kappa shape index (κ1) is 19.4. The quantitative estimate of drug-likeness (QED) is 0.705. The third-order valence-electron chi connectivity index (χ3n) is 4.33. The van der Waals surface area contributed by atoms with Crippen LogP contribution in [0, 0.1) is 0 Å². The van der Waals surface area contributed by atoms with Crippen LogP contribution in [0.5, 0.6) is 0 Å². The number of aromatic nitrogens is 1. The Balaban J connectivity index is 1.90. The van der Waals surface area contributed by atoms with Gasteiger partial charge in [0.2, 0.25) is 5.91 Å². The molecular weight excluding hydrogens is 369 g/mol. The molecule has 0 aliphatic carbocycles. The number of amides is 1. The Labute approximate surface area is 159 Å². The topological polar surface area (TPSA) is 51.1 Å². The minimum Gasteiger partial charge on any atom is -0.324 e. The summed E-state index contributed by atoms with van der Waals surface area (Å²) in [6.45, 7) is 1.38. The normalized spacial score (nSPS) is 12.4. The van der Waals surface area contributed by atoms with Gasteiger partial charge >= 0.3 is 6.18 Å². The van der Waals surface area contributed by atoms with Crippen LogP contribution in [-0.4, -0.2) is 10.5 Å². The van der Waals surface area contributed by atoms with E-state index in [9.17, 15) is 22.8 Å². The third-order valence-corrected chi connectivity index (χ3v) is 4.33. The number of hydrogen-bond donors (Lipinski definition) is 1. The van der Waals surface area contributed by atoms with Crippen molar-refractivity contribution in [3.8, 4) is 11.1 Å². The number of pyridine rings is 1. The molecule has 3 rings (SSSR count). The zero-order valence-electron chi connectivity index (χ0n) is 14.9. The van der Waals surface area contributed by atoms with Crippen LogP contribution in [-0.2, 0) is 11.0 Å². The summed E-state index contributed by atoms with van der Waals surface area (Å²) in [6.07, 6.45) is -3.94. The van der Waals surface area contributed by atoms with Crippen LogP contribution in [0.3, 0.4) is 0 Å². The number of hydrogen-bond acceptors (Lipinski definition) is 2. The second-order valence-corrected chi connectivity index (χ2v) is 6.24. The highest BCUT2D eigenvalue weighted by Gasteiger charge is 2.32. The van der Waals surface area contributed by atoms with E-state index in [-0.39, 0.29) is 0 Å². The number of alkyl halides is 3. The van der Waals surface area contributed by atoms with Crippen molar-refractivity contribution in [1.82, 2.24) is 4.57 Å². The van der Waals surface area contributed by atoms with Crippen molar-refractivity contribution in [3.63, 3.8) is 0 Å². The Kier molecular flexibility index (Phi) is 5.35. The van der Waals surface area contributed by atoms with Crippen molar-refractivity contribution < 1.29 is 18.0 Å². The van der Waals surface area contributed by atoms with Gasteiger partial charge in [0.05, 0.1) is 5.56 Å². The Morgan fingerprint density at radius 3 is 2.29 bits per heavy atom. The summed E-state index contributed by atoms with van der Waals surface area (Å²) in [6, 6.07) is 16.8. The predicted octanol–water partition coefficient (Wildman–Crippen LogP) is 4.73. The van der Waals surface area contributed by atoms with Crippen LogP contribution in [0.15, 0.2) is 77.7 Å². The summed E-state index contributed by atoms with van der Waals surface area (Å²) in [4.78, 5) is 24.7. The first-order valence-electron chi connectivity index (χ1n) is 8.52. The van der Waals surface area contributed by atoms with Crippen molar-refractivity contribution >= 4 is 11.6 Å². The van der Waals surface area contributed by atoms with Gasteiger partial charge in [0, 0.05) is 23.5 Å². The molecule has 0 unspecified atom stereocenters. The summed E-state index contributed by atoms with van der Waals surface area (Å²) >= 11 is 0. The van der Waals surface area contributed by atoms with E-state index in [1.807, 2.05) is 42.5 Å². The molecule has 1 heterocycles. The molecule has 2 aromatic carbocycles. The SMILES string of the molecule is C[C@@H](C(=O)Nc1ccccc1-c1ccccc1)n1cc(C(F)(F)F)ccc1=O. The van der Waals surface area contributed by atoms with E-state index in [0.717, 1.165) is 21.8 Å². The molecule has 144 valence electrons. The van der Waals surface area contributed by atoms with Gasteiger partial charge in [-0.05, 0) is 24.6 Å². The molecule has 1 atom stereocenters. The van der Waals surface area contributed by atoms with Crippen LogP contribution in [0.2, 0.25) is 0 Å². The monoisotopic (exact) mass is 386 g/mol. The predicted molar refractivity (Wildman–Crippen MR) is 101 cm³/mol. The Morgan fingerprint density at radius 1 is 0.964 bits per heavy atom. The van der Waals surface area contributed by atoms with Crippen molar-refractivity contribution in [2.45, 2.75) is 19.1 Å². The largest absolute Gasteiger partial charge is 0.417 e. The van der Waals surface area contributed by atoms with Gasteiger partial charge in [-0.25, -0.2) is 0 Å². The zero-order valence-corrected chi connectivity index (χ0v) is 14.9. The number of halogens is 3. The average molecular weight is 386 g/mol. The lowest BCUT2D eigenvalue weighted by Crippen LogP contribution is -2.32. The number of anilines is 1. The van der Waals surface area contributed by atoms with Gasteiger partial charge in [0.25, 0.3) is 5.56 Å². The highest BCUT2D eigenvalue weighted by atomic mass is 19.4. The molecule has 4 nitrogen and oxygen atoms in total. The van der Waals surface area contributed by atoms with E-state index in [2.05, 4.69) is 5.32 Å². The maximum absolute atomic E-state index is 12.9. The van der Waals surface area contributed by atoms with Crippen molar-refractivity contribution in [1.29, 1.82) is 0 Å². The van der Waals surface area contributed by atoms with Crippen LogP contribution < -0.4 is 10.9 Å². The van der Waals surface area contributed by atoms with E-state index in [0.29, 0.717) is 18.0 Å². The molecule has 0 aliphatic heterocycles. The number of carbonyl (C=O) groups excluding carboxylic acids is 1. The molecule has 1 amide bonds. The smallest absolute Gasteiger partial charge is 0.324 e. The fourth-order valence-corrected chi connectivity index (χ4v) is 2.80. The molecule has 0 saturated heterocycles.